The fraction of sp³-hybridized carbons (Fsp3) is 0.500. The van der Waals surface area contributed by atoms with Gasteiger partial charge in [0.25, 0.3) is 0 Å². The van der Waals surface area contributed by atoms with Gasteiger partial charge in [-0.25, -0.2) is 4.98 Å². The van der Waals surface area contributed by atoms with E-state index in [1.807, 2.05) is 16.8 Å². The molecule has 2 nitrogen and oxygen atoms in total. The molecule has 18 heavy (non-hydrogen) atoms. The minimum atomic E-state index is 0.522. The van der Waals surface area contributed by atoms with Crippen LogP contribution in [0.5, 0.6) is 0 Å². The van der Waals surface area contributed by atoms with Gasteiger partial charge >= 0.3 is 0 Å². The monoisotopic (exact) mass is 278 g/mol. The van der Waals surface area contributed by atoms with Gasteiger partial charge in [-0.2, -0.15) is 0 Å². The van der Waals surface area contributed by atoms with Gasteiger partial charge in [0, 0.05) is 22.8 Å². The summed E-state index contributed by atoms with van der Waals surface area (Å²) in [5.74, 6) is 0.808. The maximum Gasteiger partial charge on any atom is 0.0795 e. The lowest BCUT2D eigenvalue weighted by atomic mass is 9.96. The van der Waals surface area contributed by atoms with Crippen LogP contribution in [0.2, 0.25) is 0 Å². The van der Waals surface area contributed by atoms with Gasteiger partial charge in [0.15, 0.2) is 0 Å². The Kier molecular flexibility index (Phi) is 4.08. The van der Waals surface area contributed by atoms with Crippen molar-refractivity contribution in [1.29, 1.82) is 0 Å². The molecule has 2 aromatic rings. The topological polar surface area (TPSA) is 24.9 Å². The average Bonchev–Trinajstić information content (AvgIpc) is 3.14. The van der Waals surface area contributed by atoms with Crippen molar-refractivity contribution in [2.24, 2.45) is 5.92 Å². The molecule has 0 aromatic carbocycles. The molecule has 0 bridgehead atoms. The van der Waals surface area contributed by atoms with E-state index in [1.165, 1.54) is 36.3 Å². The number of hydrogen-bond acceptors (Lipinski definition) is 4. The first kappa shape index (κ1) is 12.3. The van der Waals surface area contributed by atoms with Gasteiger partial charge in [-0.15, -0.1) is 22.7 Å². The summed E-state index contributed by atoms with van der Waals surface area (Å²) >= 11 is 3.55. The highest BCUT2D eigenvalue weighted by Crippen LogP contribution is 2.37. The summed E-state index contributed by atoms with van der Waals surface area (Å²) in [6, 6.07) is 4.95. The minimum absolute atomic E-state index is 0.522. The van der Waals surface area contributed by atoms with Crippen LogP contribution in [0.4, 0.5) is 0 Å². The van der Waals surface area contributed by atoms with Crippen LogP contribution < -0.4 is 5.32 Å². The standard InChI is InChI=1S/C14H18N2S2/c1-2-5-11(4-1)14(13-6-3-7-18-13)15-8-12-9-17-10-16-12/h3,6-7,9-11,14-15H,1-2,4-5,8H2. The average molecular weight is 278 g/mol. The summed E-state index contributed by atoms with van der Waals surface area (Å²) in [4.78, 5) is 5.84. The zero-order valence-corrected chi connectivity index (χ0v) is 12.0. The molecule has 0 radical (unpaired) electrons. The van der Waals surface area contributed by atoms with Crippen LogP contribution in [-0.2, 0) is 6.54 Å². The van der Waals surface area contributed by atoms with E-state index in [0.29, 0.717) is 6.04 Å². The normalized spacial score (nSPS) is 18.2. The summed E-state index contributed by atoms with van der Waals surface area (Å²) < 4.78 is 0. The molecule has 2 heterocycles. The molecular formula is C14H18N2S2. The molecule has 0 aliphatic heterocycles. The predicted molar refractivity (Wildman–Crippen MR) is 78.0 cm³/mol. The Labute approximate surface area is 116 Å². The summed E-state index contributed by atoms with van der Waals surface area (Å²) in [5, 5.41) is 8.04. The van der Waals surface area contributed by atoms with Crippen LogP contribution in [-0.4, -0.2) is 4.98 Å². The second-order valence-electron chi connectivity index (χ2n) is 4.90. The number of nitrogens with zero attached hydrogens (tertiary/aromatic N) is 1. The summed E-state index contributed by atoms with van der Waals surface area (Å²) in [5.41, 5.74) is 3.08. The molecule has 1 N–H and O–H groups in total. The van der Waals surface area contributed by atoms with Crippen molar-refractivity contribution in [3.63, 3.8) is 0 Å². The fourth-order valence-corrected chi connectivity index (χ4v) is 4.25. The molecule has 3 rings (SSSR count). The van der Waals surface area contributed by atoms with E-state index in [-0.39, 0.29) is 0 Å². The molecule has 96 valence electrons. The highest BCUT2D eigenvalue weighted by molar-refractivity contribution is 7.10. The van der Waals surface area contributed by atoms with Gasteiger partial charge in [-0.05, 0) is 30.2 Å². The first-order valence-corrected chi connectivity index (χ1v) is 8.39. The Bertz CT molecular complexity index is 444. The van der Waals surface area contributed by atoms with Crippen molar-refractivity contribution in [3.8, 4) is 0 Å². The molecule has 0 saturated heterocycles. The summed E-state index contributed by atoms with van der Waals surface area (Å²) in [6.07, 6.45) is 5.52. The Morgan fingerprint density at radius 1 is 1.39 bits per heavy atom. The van der Waals surface area contributed by atoms with Crippen LogP contribution in [0.15, 0.2) is 28.4 Å². The third-order valence-corrected chi connectivity index (χ3v) is 5.30. The van der Waals surface area contributed by atoms with Gasteiger partial charge in [-0.3, -0.25) is 0 Å². The largest absolute Gasteiger partial charge is 0.303 e. The zero-order valence-electron chi connectivity index (χ0n) is 10.3. The Balaban J connectivity index is 1.69. The molecule has 0 spiro atoms. The second-order valence-corrected chi connectivity index (χ2v) is 6.60. The van der Waals surface area contributed by atoms with Crippen molar-refractivity contribution in [1.82, 2.24) is 10.3 Å². The number of thiazole rings is 1. The van der Waals surface area contributed by atoms with E-state index in [4.69, 9.17) is 0 Å². The molecule has 1 aliphatic rings. The second kappa shape index (κ2) is 5.95. The van der Waals surface area contributed by atoms with Crippen LogP contribution >= 0.6 is 22.7 Å². The molecular weight excluding hydrogens is 260 g/mol. The van der Waals surface area contributed by atoms with Crippen LogP contribution in [0, 0.1) is 5.92 Å². The molecule has 4 heteroatoms. The number of thiophene rings is 1. The number of nitrogens with one attached hydrogen (secondary N) is 1. The van der Waals surface area contributed by atoms with Crippen molar-refractivity contribution in [2.75, 3.05) is 0 Å². The first-order valence-electron chi connectivity index (χ1n) is 6.57. The molecule has 1 atom stereocenters. The highest BCUT2D eigenvalue weighted by Gasteiger charge is 2.26. The molecule has 0 amide bonds. The maximum atomic E-state index is 4.36. The lowest BCUT2D eigenvalue weighted by molar-refractivity contribution is 0.369. The zero-order chi connectivity index (χ0) is 12.2. The Morgan fingerprint density at radius 2 is 2.28 bits per heavy atom. The van der Waals surface area contributed by atoms with Crippen molar-refractivity contribution < 1.29 is 0 Å². The predicted octanol–water partition coefficient (Wildman–Crippen LogP) is 4.23. The Hall–Kier alpha value is -0.710. The number of aromatic nitrogens is 1. The lowest BCUT2D eigenvalue weighted by Crippen LogP contribution is -2.26. The summed E-state index contributed by atoms with van der Waals surface area (Å²) in [6.45, 7) is 0.891. The molecule has 2 aromatic heterocycles. The molecule has 1 unspecified atom stereocenters. The van der Waals surface area contributed by atoms with Crippen molar-refractivity contribution in [3.05, 3.63) is 39.0 Å². The van der Waals surface area contributed by atoms with Gasteiger partial charge in [0.1, 0.15) is 0 Å². The number of hydrogen-bond donors (Lipinski definition) is 1. The Morgan fingerprint density at radius 3 is 2.94 bits per heavy atom. The highest BCUT2D eigenvalue weighted by atomic mass is 32.1. The quantitative estimate of drug-likeness (QED) is 0.885. The van der Waals surface area contributed by atoms with Crippen LogP contribution in [0.3, 0.4) is 0 Å². The van der Waals surface area contributed by atoms with Crippen molar-refractivity contribution >= 4 is 22.7 Å². The van der Waals surface area contributed by atoms with E-state index in [1.54, 1.807) is 11.3 Å². The maximum absolute atomic E-state index is 4.36. The number of rotatable bonds is 5. The molecule has 1 fully saturated rings. The van der Waals surface area contributed by atoms with E-state index in [2.05, 4.69) is 33.2 Å². The van der Waals surface area contributed by atoms with E-state index < -0.39 is 0 Å². The van der Waals surface area contributed by atoms with Crippen LogP contribution in [0.1, 0.15) is 42.3 Å². The van der Waals surface area contributed by atoms with Crippen molar-refractivity contribution in [2.45, 2.75) is 38.3 Å². The third kappa shape index (κ3) is 2.82. The molecule has 1 aliphatic carbocycles. The van der Waals surface area contributed by atoms with E-state index in [9.17, 15) is 0 Å². The lowest BCUT2D eigenvalue weighted by Gasteiger charge is -2.23. The smallest absolute Gasteiger partial charge is 0.0795 e. The van der Waals surface area contributed by atoms with E-state index in [0.717, 1.165) is 12.5 Å². The SMILES string of the molecule is c1csc(C(NCc2cscn2)C2CCCC2)c1. The van der Waals surface area contributed by atoms with Gasteiger partial charge in [-0.1, -0.05) is 18.9 Å². The molecule has 1 saturated carbocycles. The van der Waals surface area contributed by atoms with E-state index >= 15 is 0 Å². The fourth-order valence-electron chi connectivity index (χ4n) is 2.80. The third-order valence-electron chi connectivity index (χ3n) is 3.71. The van der Waals surface area contributed by atoms with Gasteiger partial charge in [0.2, 0.25) is 0 Å². The van der Waals surface area contributed by atoms with Gasteiger partial charge < -0.3 is 5.32 Å². The summed E-state index contributed by atoms with van der Waals surface area (Å²) in [7, 11) is 0. The van der Waals surface area contributed by atoms with Gasteiger partial charge in [0.05, 0.1) is 11.2 Å². The van der Waals surface area contributed by atoms with Crippen LogP contribution in [0.25, 0.3) is 0 Å². The minimum Gasteiger partial charge on any atom is -0.303 e. The first-order chi connectivity index (χ1) is 8.93.